The molecule has 1 atom stereocenters. The monoisotopic (exact) mass is 220 g/mol. The molecule has 4 nitrogen and oxygen atoms in total. The molecule has 0 radical (unpaired) electrons. The van der Waals surface area contributed by atoms with Crippen molar-refractivity contribution in [2.75, 3.05) is 13.1 Å². The number of carboxylic acids is 1. The fourth-order valence-corrected chi connectivity index (χ4v) is 2.15. The Bertz CT molecular complexity index is 369. The zero-order valence-corrected chi connectivity index (χ0v) is 9.39. The Morgan fingerprint density at radius 2 is 2.12 bits per heavy atom. The van der Waals surface area contributed by atoms with Gasteiger partial charge in [-0.3, -0.25) is 14.7 Å². The number of aromatic nitrogens is 1. The van der Waals surface area contributed by atoms with Gasteiger partial charge in [-0.15, -0.1) is 0 Å². The van der Waals surface area contributed by atoms with E-state index in [2.05, 4.69) is 4.98 Å². The fraction of sp³-hybridized carbons (Fsp3) is 0.500. The van der Waals surface area contributed by atoms with Crippen LogP contribution in [0.1, 0.15) is 30.1 Å². The summed E-state index contributed by atoms with van der Waals surface area (Å²) in [5.41, 5.74) is 1.69. The maximum Gasteiger partial charge on any atom is 0.325 e. The van der Waals surface area contributed by atoms with Crippen LogP contribution >= 0.6 is 0 Å². The molecule has 1 N–H and O–H groups in total. The number of hydrogen-bond acceptors (Lipinski definition) is 3. The molecule has 1 aromatic rings. The fourth-order valence-electron chi connectivity index (χ4n) is 2.15. The standard InChI is InChI=1S/C12H16N2O2/c1-9-4-5-10(8-13-9)11(12(15)16)14-6-2-3-7-14/h4-5,8,11H,2-3,6-7H2,1H3,(H,15,16). The smallest absolute Gasteiger partial charge is 0.325 e. The maximum absolute atomic E-state index is 11.3. The van der Waals surface area contributed by atoms with Crippen LogP contribution in [0.15, 0.2) is 18.3 Å². The Labute approximate surface area is 94.9 Å². The normalized spacial score (nSPS) is 18.6. The topological polar surface area (TPSA) is 53.4 Å². The Hall–Kier alpha value is -1.42. The predicted molar refractivity (Wildman–Crippen MR) is 60.2 cm³/mol. The third-order valence-corrected chi connectivity index (χ3v) is 2.99. The van der Waals surface area contributed by atoms with Crippen molar-refractivity contribution in [2.24, 2.45) is 0 Å². The van der Waals surface area contributed by atoms with Crippen LogP contribution in [0.4, 0.5) is 0 Å². The number of aliphatic carboxylic acids is 1. The molecular formula is C12H16N2O2. The molecule has 2 heterocycles. The van der Waals surface area contributed by atoms with Gasteiger partial charge in [-0.1, -0.05) is 6.07 Å². The summed E-state index contributed by atoms with van der Waals surface area (Å²) in [6, 6.07) is 3.19. The number of pyridine rings is 1. The van der Waals surface area contributed by atoms with Gasteiger partial charge in [0, 0.05) is 11.9 Å². The van der Waals surface area contributed by atoms with Crippen molar-refractivity contribution in [1.82, 2.24) is 9.88 Å². The van der Waals surface area contributed by atoms with E-state index in [0.717, 1.165) is 37.2 Å². The zero-order valence-electron chi connectivity index (χ0n) is 9.39. The molecule has 86 valence electrons. The molecule has 0 aliphatic carbocycles. The van der Waals surface area contributed by atoms with Gasteiger partial charge in [0.05, 0.1) is 0 Å². The first-order valence-electron chi connectivity index (χ1n) is 5.58. The minimum absolute atomic E-state index is 0.532. The van der Waals surface area contributed by atoms with Gasteiger partial charge < -0.3 is 5.11 Å². The lowest BCUT2D eigenvalue weighted by molar-refractivity contribution is -0.143. The summed E-state index contributed by atoms with van der Waals surface area (Å²) in [4.78, 5) is 17.5. The van der Waals surface area contributed by atoms with Crippen LogP contribution in [0, 0.1) is 6.92 Å². The summed E-state index contributed by atoms with van der Waals surface area (Å²) in [5, 5.41) is 9.29. The van der Waals surface area contributed by atoms with Gasteiger partial charge in [-0.05, 0) is 44.5 Å². The third-order valence-electron chi connectivity index (χ3n) is 2.99. The molecule has 1 unspecified atom stereocenters. The van der Waals surface area contributed by atoms with Gasteiger partial charge in [0.2, 0.25) is 0 Å². The number of hydrogen-bond donors (Lipinski definition) is 1. The molecule has 1 aromatic heterocycles. The Morgan fingerprint density at radius 1 is 1.44 bits per heavy atom. The van der Waals surface area contributed by atoms with E-state index in [1.807, 2.05) is 24.0 Å². The van der Waals surface area contributed by atoms with Gasteiger partial charge in [-0.25, -0.2) is 0 Å². The molecule has 0 aromatic carbocycles. The van der Waals surface area contributed by atoms with Crippen LogP contribution < -0.4 is 0 Å². The predicted octanol–water partition coefficient (Wildman–Crippen LogP) is 1.61. The van der Waals surface area contributed by atoms with Crippen LogP contribution in [-0.4, -0.2) is 34.0 Å². The second kappa shape index (κ2) is 4.61. The number of carboxylic acid groups (broad SMARTS) is 1. The molecule has 4 heteroatoms. The second-order valence-corrected chi connectivity index (χ2v) is 4.22. The first-order chi connectivity index (χ1) is 7.68. The second-order valence-electron chi connectivity index (χ2n) is 4.22. The van der Waals surface area contributed by atoms with Crippen LogP contribution in [-0.2, 0) is 4.79 Å². The van der Waals surface area contributed by atoms with Crippen molar-refractivity contribution in [2.45, 2.75) is 25.8 Å². The van der Waals surface area contributed by atoms with E-state index in [1.54, 1.807) is 6.20 Å². The van der Waals surface area contributed by atoms with Crippen LogP contribution in [0.25, 0.3) is 0 Å². The molecular weight excluding hydrogens is 204 g/mol. The van der Waals surface area contributed by atoms with Gasteiger partial charge in [0.25, 0.3) is 0 Å². The summed E-state index contributed by atoms with van der Waals surface area (Å²) in [6.07, 6.45) is 3.85. The maximum atomic E-state index is 11.3. The van der Waals surface area contributed by atoms with E-state index in [1.165, 1.54) is 0 Å². The van der Waals surface area contributed by atoms with Crippen molar-refractivity contribution in [3.05, 3.63) is 29.6 Å². The number of carbonyl (C=O) groups is 1. The summed E-state index contributed by atoms with van der Waals surface area (Å²) < 4.78 is 0. The molecule has 1 aliphatic rings. The number of aryl methyl sites for hydroxylation is 1. The van der Waals surface area contributed by atoms with Gasteiger partial charge >= 0.3 is 5.97 Å². The van der Waals surface area contributed by atoms with Crippen molar-refractivity contribution in [1.29, 1.82) is 0 Å². The van der Waals surface area contributed by atoms with E-state index < -0.39 is 12.0 Å². The number of nitrogens with zero attached hydrogens (tertiary/aromatic N) is 2. The lowest BCUT2D eigenvalue weighted by Crippen LogP contribution is -2.31. The minimum Gasteiger partial charge on any atom is -0.480 e. The van der Waals surface area contributed by atoms with Crippen molar-refractivity contribution < 1.29 is 9.90 Å². The molecule has 1 saturated heterocycles. The molecule has 16 heavy (non-hydrogen) atoms. The Kier molecular flexibility index (Phi) is 3.19. The minimum atomic E-state index is -0.785. The van der Waals surface area contributed by atoms with Gasteiger partial charge in [-0.2, -0.15) is 0 Å². The van der Waals surface area contributed by atoms with Crippen molar-refractivity contribution in [3.63, 3.8) is 0 Å². The van der Waals surface area contributed by atoms with E-state index >= 15 is 0 Å². The molecule has 1 fully saturated rings. The van der Waals surface area contributed by atoms with Crippen LogP contribution in [0.3, 0.4) is 0 Å². The SMILES string of the molecule is Cc1ccc(C(C(=O)O)N2CCCC2)cn1. The Morgan fingerprint density at radius 3 is 2.62 bits per heavy atom. The largest absolute Gasteiger partial charge is 0.480 e. The summed E-state index contributed by atoms with van der Waals surface area (Å²) in [6.45, 7) is 3.63. The molecule has 2 rings (SSSR count). The van der Waals surface area contributed by atoms with Crippen molar-refractivity contribution >= 4 is 5.97 Å². The molecule has 0 bridgehead atoms. The highest BCUT2D eigenvalue weighted by Crippen LogP contribution is 2.24. The lowest BCUT2D eigenvalue weighted by atomic mass is 10.1. The van der Waals surface area contributed by atoms with Crippen LogP contribution in [0.5, 0.6) is 0 Å². The highest BCUT2D eigenvalue weighted by Gasteiger charge is 2.29. The third kappa shape index (κ3) is 2.22. The number of likely N-dealkylation sites (tertiary alicyclic amines) is 1. The highest BCUT2D eigenvalue weighted by atomic mass is 16.4. The van der Waals surface area contributed by atoms with Gasteiger partial charge in [0.15, 0.2) is 0 Å². The molecule has 1 aliphatic heterocycles. The summed E-state index contributed by atoms with van der Waals surface area (Å²) >= 11 is 0. The average Bonchev–Trinajstić information content (AvgIpc) is 2.74. The van der Waals surface area contributed by atoms with E-state index in [9.17, 15) is 9.90 Å². The van der Waals surface area contributed by atoms with E-state index in [0.29, 0.717) is 0 Å². The molecule has 0 amide bonds. The Balaban J connectivity index is 2.24. The van der Waals surface area contributed by atoms with E-state index in [-0.39, 0.29) is 0 Å². The first kappa shape index (κ1) is 11.1. The summed E-state index contributed by atoms with van der Waals surface area (Å²) in [7, 11) is 0. The quantitative estimate of drug-likeness (QED) is 0.840. The number of rotatable bonds is 3. The highest BCUT2D eigenvalue weighted by molar-refractivity contribution is 5.75. The average molecular weight is 220 g/mol. The van der Waals surface area contributed by atoms with Crippen molar-refractivity contribution in [3.8, 4) is 0 Å². The van der Waals surface area contributed by atoms with E-state index in [4.69, 9.17) is 0 Å². The first-order valence-corrected chi connectivity index (χ1v) is 5.58. The molecule has 0 spiro atoms. The summed E-state index contributed by atoms with van der Waals surface area (Å²) in [5.74, 6) is -0.785. The molecule has 0 saturated carbocycles. The van der Waals surface area contributed by atoms with Crippen LogP contribution in [0.2, 0.25) is 0 Å². The van der Waals surface area contributed by atoms with Gasteiger partial charge in [0.1, 0.15) is 6.04 Å². The lowest BCUT2D eigenvalue weighted by Gasteiger charge is -2.23. The zero-order chi connectivity index (χ0) is 11.5.